The molecule has 0 bridgehead atoms. The average Bonchev–Trinajstić information content (AvgIpc) is 3.41. The van der Waals surface area contributed by atoms with Crippen molar-refractivity contribution in [3.05, 3.63) is 52.6 Å². The van der Waals surface area contributed by atoms with E-state index in [4.69, 9.17) is 0 Å². The van der Waals surface area contributed by atoms with Crippen LogP contribution < -0.4 is 0 Å². The number of carbonyl (C=O) groups is 2. The predicted molar refractivity (Wildman–Crippen MR) is 121 cm³/mol. The van der Waals surface area contributed by atoms with Gasteiger partial charge < -0.3 is 9.80 Å². The Labute approximate surface area is 187 Å². The quantitative estimate of drug-likeness (QED) is 0.685. The zero-order chi connectivity index (χ0) is 22.2. The van der Waals surface area contributed by atoms with Crippen molar-refractivity contribution < 1.29 is 9.59 Å². The first-order chi connectivity index (χ1) is 15.5. The van der Waals surface area contributed by atoms with Crippen LogP contribution in [0.25, 0.3) is 5.52 Å². The fourth-order valence-electron chi connectivity index (χ4n) is 4.94. The van der Waals surface area contributed by atoms with Gasteiger partial charge in [0, 0.05) is 43.6 Å². The number of rotatable bonds is 3. The number of aromatic amines is 1. The van der Waals surface area contributed by atoms with Crippen molar-refractivity contribution in [1.82, 2.24) is 29.6 Å². The van der Waals surface area contributed by atoms with Gasteiger partial charge in [-0.1, -0.05) is 0 Å². The number of carbonyl (C=O) groups excluding carboxylic acids is 2. The van der Waals surface area contributed by atoms with Crippen LogP contribution in [0, 0.1) is 13.8 Å². The Kier molecular flexibility index (Phi) is 5.45. The molecule has 2 amide bonds. The van der Waals surface area contributed by atoms with Gasteiger partial charge in [0.1, 0.15) is 0 Å². The van der Waals surface area contributed by atoms with Crippen molar-refractivity contribution in [1.29, 1.82) is 0 Å². The van der Waals surface area contributed by atoms with E-state index in [-0.39, 0.29) is 11.8 Å². The summed E-state index contributed by atoms with van der Waals surface area (Å²) in [5.41, 5.74) is 5.17. The Morgan fingerprint density at radius 2 is 1.72 bits per heavy atom. The highest BCUT2D eigenvalue weighted by molar-refractivity contribution is 6.00. The fraction of sp³-hybridized carbons (Fsp3) is 0.500. The zero-order valence-electron chi connectivity index (χ0n) is 18.8. The molecule has 2 aliphatic heterocycles. The maximum absolute atomic E-state index is 13.1. The number of H-pyrrole nitrogens is 1. The highest BCUT2D eigenvalue weighted by Crippen LogP contribution is 2.30. The minimum absolute atomic E-state index is 0.00552. The molecule has 0 radical (unpaired) electrons. The summed E-state index contributed by atoms with van der Waals surface area (Å²) in [5, 5.41) is 11.5. The molecule has 0 aromatic carbocycles. The Bertz CT molecular complexity index is 1150. The molecule has 3 aromatic heterocycles. The number of aryl methyl sites for hydroxylation is 1. The van der Waals surface area contributed by atoms with Crippen LogP contribution in [0.3, 0.4) is 0 Å². The summed E-state index contributed by atoms with van der Waals surface area (Å²) in [7, 11) is 0. The molecule has 2 aliphatic rings. The van der Waals surface area contributed by atoms with E-state index in [9.17, 15) is 9.59 Å². The van der Waals surface area contributed by atoms with Crippen molar-refractivity contribution >= 4 is 17.3 Å². The maximum atomic E-state index is 13.1. The topological polar surface area (TPSA) is 86.6 Å². The molecule has 8 nitrogen and oxygen atoms in total. The number of amides is 2. The summed E-state index contributed by atoms with van der Waals surface area (Å²) in [6.07, 6.45) is 8.79. The van der Waals surface area contributed by atoms with E-state index in [2.05, 4.69) is 27.4 Å². The van der Waals surface area contributed by atoms with Gasteiger partial charge in [-0.05, 0) is 69.6 Å². The number of nitrogens with zero attached hydrogens (tertiary/aromatic N) is 5. The van der Waals surface area contributed by atoms with Crippen LogP contribution in [-0.2, 0) is 0 Å². The predicted octanol–water partition coefficient (Wildman–Crippen LogP) is 3.32. The number of pyridine rings is 1. The molecule has 1 N–H and O–H groups in total. The number of hydrogen-bond donors (Lipinski definition) is 1. The van der Waals surface area contributed by atoms with E-state index in [1.54, 1.807) is 10.7 Å². The first-order valence-electron chi connectivity index (χ1n) is 11.6. The molecule has 0 atom stereocenters. The lowest BCUT2D eigenvalue weighted by molar-refractivity contribution is 0.0703. The molecule has 3 aromatic rings. The third-order valence-electron chi connectivity index (χ3n) is 7.13. The SMILES string of the molecule is Cc1[nH]nc(C(=O)N2CCC(c3ccn4ncc(C(=O)N5CCCCC5)c4c3)CC2)c1C. The highest BCUT2D eigenvalue weighted by atomic mass is 16.2. The normalized spacial score (nSPS) is 17.8. The van der Waals surface area contributed by atoms with Crippen molar-refractivity contribution in [3.63, 3.8) is 0 Å². The fourth-order valence-corrected chi connectivity index (χ4v) is 4.94. The minimum Gasteiger partial charge on any atom is -0.339 e. The van der Waals surface area contributed by atoms with Crippen LogP contribution in [0.15, 0.2) is 24.5 Å². The number of likely N-dealkylation sites (tertiary alicyclic amines) is 2. The van der Waals surface area contributed by atoms with E-state index in [1.807, 2.05) is 29.8 Å². The Morgan fingerprint density at radius 3 is 2.41 bits per heavy atom. The summed E-state index contributed by atoms with van der Waals surface area (Å²) in [5.74, 6) is 0.451. The second-order valence-corrected chi connectivity index (χ2v) is 9.09. The second kappa shape index (κ2) is 8.41. The van der Waals surface area contributed by atoms with Gasteiger partial charge in [-0.2, -0.15) is 10.2 Å². The lowest BCUT2D eigenvalue weighted by Gasteiger charge is -2.32. The first-order valence-corrected chi connectivity index (χ1v) is 11.6. The molecule has 5 rings (SSSR count). The molecule has 32 heavy (non-hydrogen) atoms. The third kappa shape index (κ3) is 3.67. The van der Waals surface area contributed by atoms with Crippen LogP contribution in [0.2, 0.25) is 0 Å². The summed E-state index contributed by atoms with van der Waals surface area (Å²) < 4.78 is 1.79. The van der Waals surface area contributed by atoms with Gasteiger partial charge in [-0.3, -0.25) is 14.7 Å². The smallest absolute Gasteiger partial charge is 0.274 e. The van der Waals surface area contributed by atoms with Gasteiger partial charge in [-0.25, -0.2) is 4.52 Å². The van der Waals surface area contributed by atoms with E-state index >= 15 is 0 Å². The zero-order valence-corrected chi connectivity index (χ0v) is 18.8. The Hall–Kier alpha value is -3.16. The molecular formula is C24H30N6O2. The van der Waals surface area contributed by atoms with Gasteiger partial charge in [0.05, 0.1) is 17.3 Å². The summed E-state index contributed by atoms with van der Waals surface area (Å²) in [6.45, 7) is 6.94. The van der Waals surface area contributed by atoms with E-state index in [0.29, 0.717) is 30.3 Å². The standard InChI is InChI=1S/C24H30N6O2/c1-16-17(2)26-27-22(16)24(32)29-11-6-18(7-12-29)19-8-13-30-21(14-19)20(15-25-30)23(31)28-9-4-3-5-10-28/h8,13-15,18H,3-7,9-12H2,1-2H3,(H,26,27). The average molecular weight is 435 g/mol. The van der Waals surface area contributed by atoms with E-state index in [0.717, 1.165) is 55.5 Å². The van der Waals surface area contributed by atoms with Gasteiger partial charge in [0.2, 0.25) is 0 Å². The maximum Gasteiger partial charge on any atom is 0.274 e. The highest BCUT2D eigenvalue weighted by Gasteiger charge is 2.28. The van der Waals surface area contributed by atoms with Crippen molar-refractivity contribution in [2.24, 2.45) is 0 Å². The number of fused-ring (bicyclic) bond motifs is 1. The summed E-state index contributed by atoms with van der Waals surface area (Å²) in [6, 6.07) is 4.21. The van der Waals surface area contributed by atoms with Crippen LogP contribution in [0.5, 0.6) is 0 Å². The van der Waals surface area contributed by atoms with Crippen LogP contribution in [-0.4, -0.2) is 67.6 Å². The van der Waals surface area contributed by atoms with Gasteiger partial charge in [-0.15, -0.1) is 0 Å². The van der Waals surface area contributed by atoms with Crippen molar-refractivity contribution in [2.75, 3.05) is 26.2 Å². The summed E-state index contributed by atoms with van der Waals surface area (Å²) >= 11 is 0. The van der Waals surface area contributed by atoms with Crippen LogP contribution >= 0.6 is 0 Å². The minimum atomic E-state index is 0.00552. The van der Waals surface area contributed by atoms with Gasteiger partial charge in [0.25, 0.3) is 11.8 Å². The molecule has 168 valence electrons. The molecule has 2 fully saturated rings. The molecule has 0 spiro atoms. The lowest BCUT2D eigenvalue weighted by Crippen LogP contribution is -2.38. The summed E-state index contributed by atoms with van der Waals surface area (Å²) in [4.78, 5) is 29.8. The first kappa shape index (κ1) is 20.7. The number of piperidine rings is 2. The lowest BCUT2D eigenvalue weighted by atomic mass is 9.89. The van der Waals surface area contributed by atoms with Crippen LogP contribution in [0.4, 0.5) is 0 Å². The van der Waals surface area contributed by atoms with Gasteiger partial charge in [0.15, 0.2) is 5.69 Å². The third-order valence-corrected chi connectivity index (χ3v) is 7.13. The molecule has 5 heterocycles. The van der Waals surface area contributed by atoms with Gasteiger partial charge >= 0.3 is 0 Å². The molecule has 2 saturated heterocycles. The molecular weight excluding hydrogens is 404 g/mol. The van der Waals surface area contributed by atoms with Crippen molar-refractivity contribution in [2.45, 2.75) is 51.9 Å². The Morgan fingerprint density at radius 1 is 1.00 bits per heavy atom. The number of aromatic nitrogens is 4. The van der Waals surface area contributed by atoms with Crippen molar-refractivity contribution in [3.8, 4) is 0 Å². The molecule has 0 unspecified atom stereocenters. The number of nitrogens with one attached hydrogen (secondary N) is 1. The van der Waals surface area contributed by atoms with E-state index in [1.165, 1.54) is 12.0 Å². The Balaban J connectivity index is 1.31. The van der Waals surface area contributed by atoms with E-state index < -0.39 is 0 Å². The monoisotopic (exact) mass is 434 g/mol. The molecule has 8 heteroatoms. The van der Waals surface area contributed by atoms with Crippen LogP contribution in [0.1, 0.15) is 75.7 Å². The number of hydrogen-bond acceptors (Lipinski definition) is 4. The largest absolute Gasteiger partial charge is 0.339 e. The second-order valence-electron chi connectivity index (χ2n) is 9.09. The molecule has 0 aliphatic carbocycles. The molecule has 0 saturated carbocycles.